The van der Waals surface area contributed by atoms with Crippen LogP contribution in [0.5, 0.6) is 0 Å². The van der Waals surface area contributed by atoms with Gasteiger partial charge >= 0.3 is 0 Å². The van der Waals surface area contributed by atoms with Crippen LogP contribution >= 0.6 is 0 Å². The molecule has 0 radical (unpaired) electrons. The summed E-state index contributed by atoms with van der Waals surface area (Å²) in [6.45, 7) is 6.64. The molecule has 5 heteroatoms. The molecular formula is C14H23N3O2. The van der Waals surface area contributed by atoms with Crippen LogP contribution in [0.3, 0.4) is 0 Å². The Morgan fingerprint density at radius 2 is 2.11 bits per heavy atom. The zero-order valence-corrected chi connectivity index (χ0v) is 11.6. The largest absolute Gasteiger partial charge is 0.409 e. The number of ether oxygens (including phenoxy) is 1. The van der Waals surface area contributed by atoms with Crippen molar-refractivity contribution in [3.05, 3.63) is 35.4 Å². The van der Waals surface area contributed by atoms with E-state index in [-0.39, 0.29) is 11.8 Å². The van der Waals surface area contributed by atoms with E-state index in [0.717, 1.165) is 6.54 Å². The molecule has 0 aliphatic rings. The Morgan fingerprint density at radius 1 is 1.42 bits per heavy atom. The average molecular weight is 265 g/mol. The van der Waals surface area contributed by atoms with Gasteiger partial charge in [0, 0.05) is 25.6 Å². The molecule has 106 valence electrons. The SMILES string of the molecule is CCOCc1ccccc1CNCC(C)C(N)=NO. The van der Waals surface area contributed by atoms with Crippen molar-refractivity contribution >= 4 is 5.84 Å². The first-order valence-corrected chi connectivity index (χ1v) is 6.51. The minimum absolute atomic E-state index is 0.00375. The monoisotopic (exact) mass is 265 g/mol. The molecule has 0 saturated heterocycles. The van der Waals surface area contributed by atoms with Crippen molar-refractivity contribution in [1.29, 1.82) is 0 Å². The van der Waals surface area contributed by atoms with Gasteiger partial charge in [0.05, 0.1) is 6.61 Å². The van der Waals surface area contributed by atoms with Crippen molar-refractivity contribution in [2.45, 2.75) is 27.0 Å². The van der Waals surface area contributed by atoms with E-state index in [0.29, 0.717) is 19.8 Å². The van der Waals surface area contributed by atoms with Gasteiger partial charge < -0.3 is 21.0 Å². The Bertz CT molecular complexity index is 407. The lowest BCUT2D eigenvalue weighted by atomic mass is 10.1. The highest BCUT2D eigenvalue weighted by atomic mass is 16.5. The van der Waals surface area contributed by atoms with Crippen LogP contribution in [-0.4, -0.2) is 24.2 Å². The Hall–Kier alpha value is -1.59. The van der Waals surface area contributed by atoms with E-state index in [4.69, 9.17) is 15.7 Å². The summed E-state index contributed by atoms with van der Waals surface area (Å²) in [4.78, 5) is 0. The summed E-state index contributed by atoms with van der Waals surface area (Å²) < 4.78 is 5.44. The maximum Gasteiger partial charge on any atom is 0.143 e. The summed E-state index contributed by atoms with van der Waals surface area (Å²) in [7, 11) is 0. The van der Waals surface area contributed by atoms with Crippen LogP contribution in [0.4, 0.5) is 0 Å². The molecule has 0 bridgehead atoms. The first-order valence-electron chi connectivity index (χ1n) is 6.51. The van der Waals surface area contributed by atoms with E-state index >= 15 is 0 Å². The molecule has 1 unspecified atom stereocenters. The van der Waals surface area contributed by atoms with E-state index in [1.54, 1.807) is 0 Å². The number of rotatable bonds is 8. The van der Waals surface area contributed by atoms with Gasteiger partial charge in [-0.25, -0.2) is 0 Å². The van der Waals surface area contributed by atoms with Gasteiger partial charge in [-0.05, 0) is 18.1 Å². The maximum atomic E-state index is 8.58. The van der Waals surface area contributed by atoms with Crippen molar-refractivity contribution in [2.24, 2.45) is 16.8 Å². The molecule has 0 saturated carbocycles. The average Bonchev–Trinajstić information content (AvgIpc) is 2.45. The van der Waals surface area contributed by atoms with Gasteiger partial charge in [-0.3, -0.25) is 0 Å². The number of benzene rings is 1. The molecule has 4 N–H and O–H groups in total. The van der Waals surface area contributed by atoms with E-state index in [2.05, 4.69) is 22.6 Å². The molecule has 0 aromatic heterocycles. The summed E-state index contributed by atoms with van der Waals surface area (Å²) in [6.07, 6.45) is 0. The number of amidine groups is 1. The fourth-order valence-electron chi connectivity index (χ4n) is 1.71. The van der Waals surface area contributed by atoms with Crippen molar-refractivity contribution in [1.82, 2.24) is 5.32 Å². The molecule has 19 heavy (non-hydrogen) atoms. The molecular weight excluding hydrogens is 242 g/mol. The Balaban J connectivity index is 2.48. The maximum absolute atomic E-state index is 8.58. The molecule has 1 aromatic carbocycles. The van der Waals surface area contributed by atoms with Crippen LogP contribution in [0, 0.1) is 5.92 Å². The molecule has 1 atom stereocenters. The van der Waals surface area contributed by atoms with Crippen LogP contribution in [0.2, 0.25) is 0 Å². The third-order valence-electron chi connectivity index (χ3n) is 2.97. The predicted molar refractivity (Wildman–Crippen MR) is 76.1 cm³/mol. The standard InChI is InChI=1S/C14H23N3O2/c1-3-19-10-13-7-5-4-6-12(13)9-16-8-11(2)14(15)17-18/h4-7,11,16,18H,3,8-10H2,1-2H3,(H2,15,17). The van der Waals surface area contributed by atoms with Gasteiger partial charge in [-0.2, -0.15) is 0 Å². The zero-order valence-electron chi connectivity index (χ0n) is 11.6. The second kappa shape index (κ2) is 8.50. The minimum atomic E-state index is 0.00375. The first kappa shape index (κ1) is 15.5. The lowest BCUT2D eigenvalue weighted by molar-refractivity contribution is 0.133. The molecule has 0 aliphatic carbocycles. The first-order chi connectivity index (χ1) is 9.19. The van der Waals surface area contributed by atoms with Crippen LogP contribution < -0.4 is 11.1 Å². The second-order valence-corrected chi connectivity index (χ2v) is 4.46. The molecule has 1 rings (SSSR count). The Morgan fingerprint density at radius 3 is 2.74 bits per heavy atom. The minimum Gasteiger partial charge on any atom is -0.409 e. The smallest absolute Gasteiger partial charge is 0.143 e. The van der Waals surface area contributed by atoms with Gasteiger partial charge in [0.2, 0.25) is 0 Å². The summed E-state index contributed by atoms with van der Waals surface area (Å²) in [5.41, 5.74) is 7.93. The normalized spacial score (nSPS) is 13.5. The van der Waals surface area contributed by atoms with Gasteiger partial charge in [-0.1, -0.05) is 36.3 Å². The van der Waals surface area contributed by atoms with Gasteiger partial charge in [0.25, 0.3) is 0 Å². The number of oxime groups is 1. The molecule has 0 heterocycles. The van der Waals surface area contributed by atoms with Gasteiger partial charge in [-0.15, -0.1) is 0 Å². The molecule has 0 amide bonds. The summed E-state index contributed by atoms with van der Waals surface area (Å²) in [5.74, 6) is 0.249. The van der Waals surface area contributed by atoms with Crippen LogP contribution in [0.25, 0.3) is 0 Å². The molecule has 0 fully saturated rings. The van der Waals surface area contributed by atoms with E-state index in [9.17, 15) is 0 Å². The fraction of sp³-hybridized carbons (Fsp3) is 0.500. The van der Waals surface area contributed by atoms with E-state index in [1.165, 1.54) is 11.1 Å². The summed E-state index contributed by atoms with van der Waals surface area (Å²) >= 11 is 0. The number of nitrogens with zero attached hydrogens (tertiary/aromatic N) is 1. The van der Waals surface area contributed by atoms with E-state index < -0.39 is 0 Å². The lowest BCUT2D eigenvalue weighted by Crippen LogP contribution is -2.31. The number of hydrogen-bond donors (Lipinski definition) is 3. The molecule has 5 nitrogen and oxygen atoms in total. The molecule has 0 aliphatic heterocycles. The van der Waals surface area contributed by atoms with Crippen molar-refractivity contribution in [3.63, 3.8) is 0 Å². The lowest BCUT2D eigenvalue weighted by Gasteiger charge is -2.13. The van der Waals surface area contributed by atoms with Crippen molar-refractivity contribution in [2.75, 3.05) is 13.2 Å². The van der Waals surface area contributed by atoms with Crippen LogP contribution in [-0.2, 0) is 17.9 Å². The highest BCUT2D eigenvalue weighted by molar-refractivity contribution is 5.82. The third-order valence-corrected chi connectivity index (χ3v) is 2.97. The zero-order chi connectivity index (χ0) is 14.1. The number of hydrogen-bond acceptors (Lipinski definition) is 4. The highest BCUT2D eigenvalue weighted by Crippen LogP contribution is 2.10. The van der Waals surface area contributed by atoms with Crippen LogP contribution in [0.15, 0.2) is 29.4 Å². The predicted octanol–water partition coefficient (Wildman–Crippen LogP) is 1.70. The van der Waals surface area contributed by atoms with Crippen molar-refractivity contribution < 1.29 is 9.94 Å². The summed E-state index contributed by atoms with van der Waals surface area (Å²) in [6, 6.07) is 8.17. The highest BCUT2D eigenvalue weighted by Gasteiger charge is 2.07. The van der Waals surface area contributed by atoms with Crippen molar-refractivity contribution in [3.8, 4) is 0 Å². The fourth-order valence-corrected chi connectivity index (χ4v) is 1.71. The second-order valence-electron chi connectivity index (χ2n) is 4.46. The quantitative estimate of drug-likeness (QED) is 0.289. The Kier molecular flexibility index (Phi) is 6.92. The number of nitrogens with one attached hydrogen (secondary N) is 1. The number of nitrogens with two attached hydrogens (primary N) is 1. The molecule has 0 spiro atoms. The third kappa shape index (κ3) is 5.28. The topological polar surface area (TPSA) is 79.9 Å². The van der Waals surface area contributed by atoms with Crippen LogP contribution in [0.1, 0.15) is 25.0 Å². The van der Waals surface area contributed by atoms with Gasteiger partial charge in [0.1, 0.15) is 5.84 Å². The molecule has 1 aromatic rings. The van der Waals surface area contributed by atoms with Gasteiger partial charge in [0.15, 0.2) is 0 Å². The Labute approximate surface area is 114 Å². The summed E-state index contributed by atoms with van der Waals surface area (Å²) in [5, 5.41) is 14.9. The van der Waals surface area contributed by atoms with E-state index in [1.807, 2.05) is 26.0 Å².